The Bertz CT molecular complexity index is 1220. The van der Waals surface area contributed by atoms with Crippen molar-refractivity contribution in [3.05, 3.63) is 130 Å². The number of rotatable bonds is 9. The summed E-state index contributed by atoms with van der Waals surface area (Å²) in [6, 6.07) is 33.7. The Hall–Kier alpha value is -3.66. The van der Waals surface area contributed by atoms with E-state index in [4.69, 9.17) is 4.74 Å². The highest BCUT2D eigenvalue weighted by Gasteiger charge is 1.96. The fraction of sp³-hybridized carbons (Fsp3) is 0.0968. The van der Waals surface area contributed by atoms with Gasteiger partial charge in [-0.15, -0.1) is 0 Å². The molecule has 0 aliphatic carbocycles. The molecule has 0 spiro atoms. The first kappa shape index (κ1) is 23.5. The fourth-order valence-electron chi connectivity index (χ4n) is 3.54. The van der Waals surface area contributed by atoms with Crippen molar-refractivity contribution in [1.29, 1.82) is 0 Å². The van der Waals surface area contributed by atoms with E-state index in [1.807, 2.05) is 12.1 Å². The van der Waals surface area contributed by atoms with Crippen molar-refractivity contribution in [2.45, 2.75) is 13.1 Å². The summed E-state index contributed by atoms with van der Waals surface area (Å²) < 4.78 is 5.20. The van der Waals surface area contributed by atoms with Crippen LogP contribution in [0.2, 0.25) is 0 Å². The third-order valence-electron chi connectivity index (χ3n) is 5.58. The number of nitrogens with one attached hydrogen (secondary N) is 1. The molecular formula is C31H28NOSi. The molecule has 0 aliphatic rings. The SMILES string of the molecule is COc1ccc(/C=C/c2ccc(/C=C/c3ccc(CNCc4ccc([Si])cc4)cc3)cc2)cc1. The van der Waals surface area contributed by atoms with Crippen LogP contribution in [0.15, 0.2) is 97.1 Å². The number of ether oxygens (including phenoxy) is 1. The van der Waals surface area contributed by atoms with Crippen molar-refractivity contribution in [3.63, 3.8) is 0 Å². The minimum Gasteiger partial charge on any atom is -0.497 e. The predicted molar refractivity (Wildman–Crippen MR) is 146 cm³/mol. The minimum absolute atomic E-state index is 0.852. The second kappa shape index (κ2) is 12.0. The van der Waals surface area contributed by atoms with E-state index in [0.717, 1.165) is 29.6 Å². The van der Waals surface area contributed by atoms with Gasteiger partial charge >= 0.3 is 0 Å². The van der Waals surface area contributed by atoms with E-state index >= 15 is 0 Å². The molecule has 0 amide bonds. The molecule has 0 saturated carbocycles. The molecule has 0 unspecified atom stereocenters. The monoisotopic (exact) mass is 458 g/mol. The molecule has 0 aromatic heterocycles. The Morgan fingerprint density at radius 1 is 0.559 bits per heavy atom. The molecule has 0 bridgehead atoms. The van der Waals surface area contributed by atoms with Gasteiger partial charge in [-0.05, 0) is 45.5 Å². The van der Waals surface area contributed by atoms with Gasteiger partial charge in [-0.3, -0.25) is 0 Å². The summed E-state index contributed by atoms with van der Waals surface area (Å²) in [6.45, 7) is 1.71. The standard InChI is InChI=1S/C31H28NOSi/c1-33-30-18-14-27(15-19-30)9-8-25-4-2-24(3-5-25)6-7-26-10-12-28(13-11-26)22-32-23-29-16-20-31(34)21-17-29/h2-21,32H,22-23H2,1H3/b7-6+,9-8+. The highest BCUT2D eigenvalue weighted by atomic mass is 28.1. The van der Waals surface area contributed by atoms with Gasteiger partial charge in [0, 0.05) is 13.1 Å². The van der Waals surface area contributed by atoms with Crippen LogP contribution >= 0.6 is 0 Å². The Morgan fingerprint density at radius 3 is 1.32 bits per heavy atom. The molecule has 0 atom stereocenters. The zero-order valence-electron chi connectivity index (χ0n) is 19.4. The van der Waals surface area contributed by atoms with Crippen molar-refractivity contribution in [2.24, 2.45) is 0 Å². The second-order valence-corrected chi connectivity index (χ2v) is 8.73. The largest absolute Gasteiger partial charge is 0.497 e. The van der Waals surface area contributed by atoms with Crippen LogP contribution in [0.1, 0.15) is 33.4 Å². The highest BCUT2D eigenvalue weighted by molar-refractivity contribution is 6.32. The molecule has 1 N–H and O–H groups in total. The van der Waals surface area contributed by atoms with Gasteiger partial charge in [0.15, 0.2) is 0 Å². The maximum atomic E-state index is 5.20. The fourth-order valence-corrected chi connectivity index (χ4v) is 3.71. The van der Waals surface area contributed by atoms with Crippen molar-refractivity contribution in [3.8, 4) is 5.75 Å². The zero-order valence-corrected chi connectivity index (χ0v) is 20.4. The Kier molecular flexibility index (Phi) is 8.28. The maximum Gasteiger partial charge on any atom is 0.118 e. The van der Waals surface area contributed by atoms with E-state index < -0.39 is 0 Å². The average Bonchev–Trinajstić information content (AvgIpc) is 2.89. The first-order valence-corrected chi connectivity index (χ1v) is 11.9. The van der Waals surface area contributed by atoms with Crippen molar-refractivity contribution < 1.29 is 4.74 Å². The van der Waals surface area contributed by atoms with E-state index in [1.165, 1.54) is 27.8 Å². The van der Waals surface area contributed by atoms with Crippen LogP contribution in [0.25, 0.3) is 24.3 Å². The van der Waals surface area contributed by atoms with Crippen LogP contribution in [-0.4, -0.2) is 17.4 Å². The Balaban J connectivity index is 1.27. The Morgan fingerprint density at radius 2 is 0.912 bits per heavy atom. The van der Waals surface area contributed by atoms with E-state index in [9.17, 15) is 0 Å². The average molecular weight is 459 g/mol. The summed E-state index contributed by atoms with van der Waals surface area (Å²) in [4.78, 5) is 0. The lowest BCUT2D eigenvalue weighted by Crippen LogP contribution is -2.13. The summed E-state index contributed by atoms with van der Waals surface area (Å²) >= 11 is 0. The predicted octanol–water partition coefficient (Wildman–Crippen LogP) is 6.12. The topological polar surface area (TPSA) is 21.3 Å². The number of methoxy groups -OCH3 is 1. The first-order valence-electron chi connectivity index (χ1n) is 11.4. The van der Waals surface area contributed by atoms with Crippen LogP contribution in [0, 0.1) is 0 Å². The van der Waals surface area contributed by atoms with Crippen molar-refractivity contribution >= 4 is 39.7 Å². The molecule has 3 radical (unpaired) electrons. The van der Waals surface area contributed by atoms with E-state index in [2.05, 4.69) is 125 Å². The summed E-state index contributed by atoms with van der Waals surface area (Å²) in [7, 11) is 5.21. The van der Waals surface area contributed by atoms with Crippen molar-refractivity contribution in [2.75, 3.05) is 7.11 Å². The molecule has 167 valence electrons. The maximum absolute atomic E-state index is 5.20. The van der Waals surface area contributed by atoms with Crippen molar-refractivity contribution in [1.82, 2.24) is 5.32 Å². The van der Waals surface area contributed by atoms with Gasteiger partial charge in [0.2, 0.25) is 0 Å². The quantitative estimate of drug-likeness (QED) is 0.241. The normalized spacial score (nSPS) is 11.4. The van der Waals surface area contributed by atoms with Crippen LogP contribution in [0.5, 0.6) is 5.75 Å². The lowest BCUT2D eigenvalue weighted by molar-refractivity contribution is 0.415. The van der Waals surface area contributed by atoms with Gasteiger partial charge in [0.05, 0.1) is 17.4 Å². The highest BCUT2D eigenvalue weighted by Crippen LogP contribution is 2.15. The van der Waals surface area contributed by atoms with Gasteiger partial charge in [-0.1, -0.05) is 114 Å². The van der Waals surface area contributed by atoms with E-state index in [0.29, 0.717) is 0 Å². The molecule has 0 heterocycles. The number of benzene rings is 4. The lowest BCUT2D eigenvalue weighted by Gasteiger charge is -2.06. The molecule has 4 aromatic rings. The smallest absolute Gasteiger partial charge is 0.118 e. The minimum atomic E-state index is 0.852. The molecule has 0 saturated heterocycles. The molecule has 0 fully saturated rings. The summed E-state index contributed by atoms with van der Waals surface area (Å²) in [6.07, 6.45) is 8.54. The molecule has 2 nitrogen and oxygen atoms in total. The molecule has 3 heteroatoms. The van der Waals surface area contributed by atoms with Gasteiger partial charge in [-0.2, -0.15) is 0 Å². The second-order valence-electron chi connectivity index (χ2n) is 8.15. The Labute approximate surface area is 206 Å². The number of hydrogen-bond donors (Lipinski definition) is 1. The molecule has 4 aromatic carbocycles. The number of hydrogen-bond acceptors (Lipinski definition) is 2. The molecular weight excluding hydrogens is 430 g/mol. The van der Waals surface area contributed by atoms with E-state index in [1.54, 1.807) is 7.11 Å². The van der Waals surface area contributed by atoms with Gasteiger partial charge in [0.25, 0.3) is 0 Å². The molecule has 34 heavy (non-hydrogen) atoms. The van der Waals surface area contributed by atoms with Crippen LogP contribution in [0.4, 0.5) is 0 Å². The van der Waals surface area contributed by atoms with Gasteiger partial charge in [-0.25, -0.2) is 0 Å². The summed E-state index contributed by atoms with van der Waals surface area (Å²) in [5.74, 6) is 0.872. The summed E-state index contributed by atoms with van der Waals surface area (Å²) in [5.41, 5.74) is 7.26. The zero-order chi connectivity index (χ0) is 23.6. The summed E-state index contributed by atoms with van der Waals surface area (Å²) in [5, 5.41) is 4.60. The lowest BCUT2D eigenvalue weighted by atomic mass is 10.1. The van der Waals surface area contributed by atoms with Crippen LogP contribution < -0.4 is 15.2 Å². The molecule has 0 aliphatic heterocycles. The van der Waals surface area contributed by atoms with Gasteiger partial charge in [0.1, 0.15) is 5.75 Å². The van der Waals surface area contributed by atoms with E-state index in [-0.39, 0.29) is 0 Å². The third-order valence-corrected chi connectivity index (χ3v) is 5.91. The van der Waals surface area contributed by atoms with Crippen LogP contribution in [-0.2, 0) is 13.1 Å². The third kappa shape index (κ3) is 7.17. The van der Waals surface area contributed by atoms with Gasteiger partial charge < -0.3 is 10.1 Å². The first-order chi connectivity index (χ1) is 16.7. The molecule has 4 rings (SSSR count). The van der Waals surface area contributed by atoms with Crippen LogP contribution in [0.3, 0.4) is 0 Å².